The highest BCUT2D eigenvalue weighted by molar-refractivity contribution is 7.80. The highest BCUT2D eigenvalue weighted by Crippen LogP contribution is 2.33. The van der Waals surface area contributed by atoms with Crippen LogP contribution >= 0.6 is 47.0 Å². The summed E-state index contributed by atoms with van der Waals surface area (Å²) in [6.07, 6.45) is 3.21. The maximum Gasteiger partial charge on any atom is 0.173 e. The molecule has 1 aromatic carbocycles. The second-order valence-electron chi connectivity index (χ2n) is 5.70. The first kappa shape index (κ1) is 19.3. The molecule has 0 saturated carbocycles. The van der Waals surface area contributed by atoms with Gasteiger partial charge in [0.05, 0.1) is 28.5 Å². The summed E-state index contributed by atoms with van der Waals surface area (Å²) in [4.78, 5) is 8.24. The van der Waals surface area contributed by atoms with Crippen molar-refractivity contribution in [1.29, 1.82) is 0 Å². The first-order chi connectivity index (χ1) is 12.5. The average molecular weight is 432 g/mol. The molecule has 2 heterocycles. The van der Waals surface area contributed by atoms with E-state index in [0.29, 0.717) is 25.9 Å². The highest BCUT2D eigenvalue weighted by atomic mass is 35.5. The number of halogens is 3. The third-order valence-corrected chi connectivity index (χ3v) is 5.26. The number of pyridine rings is 1. The molecule has 0 bridgehead atoms. The number of aromatic nitrogens is 1. The van der Waals surface area contributed by atoms with Crippen LogP contribution in [0.15, 0.2) is 30.6 Å². The fourth-order valence-electron chi connectivity index (χ4n) is 2.81. The Kier molecular flexibility index (Phi) is 6.29. The summed E-state index contributed by atoms with van der Waals surface area (Å²) in [6.45, 7) is 2.98. The predicted molar refractivity (Wildman–Crippen MR) is 112 cm³/mol. The molecule has 2 aromatic rings. The number of hydrogen-bond acceptors (Lipinski definition) is 4. The molecule has 1 fully saturated rings. The van der Waals surface area contributed by atoms with Gasteiger partial charge in [-0.3, -0.25) is 4.98 Å². The summed E-state index contributed by atoms with van der Waals surface area (Å²) in [5, 5.41) is 5.56. The van der Waals surface area contributed by atoms with Crippen molar-refractivity contribution < 1.29 is 4.74 Å². The van der Waals surface area contributed by atoms with Gasteiger partial charge in [-0.2, -0.15) is 0 Å². The summed E-state index contributed by atoms with van der Waals surface area (Å²) in [5.41, 5.74) is 1.56. The molecule has 1 aliphatic heterocycles. The van der Waals surface area contributed by atoms with Crippen molar-refractivity contribution in [2.75, 3.05) is 43.5 Å². The smallest absolute Gasteiger partial charge is 0.173 e. The molecule has 1 aromatic heterocycles. The Morgan fingerprint density at radius 2 is 1.77 bits per heavy atom. The SMILES string of the molecule is COc1ccc(Cl)cc1NC(=S)N1CCN(c2c(Cl)cncc2Cl)CC1. The summed E-state index contributed by atoms with van der Waals surface area (Å²) < 4.78 is 5.35. The van der Waals surface area contributed by atoms with Crippen LogP contribution in [0.2, 0.25) is 15.1 Å². The summed E-state index contributed by atoms with van der Waals surface area (Å²) in [6, 6.07) is 5.37. The van der Waals surface area contributed by atoms with Crippen LogP contribution in [0.3, 0.4) is 0 Å². The lowest BCUT2D eigenvalue weighted by atomic mass is 10.2. The summed E-state index contributed by atoms with van der Waals surface area (Å²) in [7, 11) is 1.61. The van der Waals surface area contributed by atoms with Crippen LogP contribution in [-0.2, 0) is 0 Å². The normalized spacial score (nSPS) is 14.3. The van der Waals surface area contributed by atoms with Gasteiger partial charge >= 0.3 is 0 Å². The molecule has 5 nitrogen and oxygen atoms in total. The Hall–Kier alpha value is -1.47. The fraction of sp³-hybridized carbons (Fsp3) is 0.294. The molecule has 0 atom stereocenters. The Morgan fingerprint density at radius 3 is 2.38 bits per heavy atom. The van der Waals surface area contributed by atoms with Gasteiger partial charge in [0.2, 0.25) is 0 Å². The third kappa shape index (κ3) is 4.26. The van der Waals surface area contributed by atoms with Gasteiger partial charge < -0.3 is 19.9 Å². The van der Waals surface area contributed by atoms with Gasteiger partial charge in [-0.15, -0.1) is 0 Å². The number of benzene rings is 1. The van der Waals surface area contributed by atoms with Crippen molar-refractivity contribution in [3.8, 4) is 5.75 Å². The second-order valence-corrected chi connectivity index (χ2v) is 7.34. The van der Waals surface area contributed by atoms with Crippen LogP contribution in [-0.4, -0.2) is 48.3 Å². The van der Waals surface area contributed by atoms with E-state index in [1.165, 1.54) is 0 Å². The van der Waals surface area contributed by atoms with Crippen molar-refractivity contribution in [1.82, 2.24) is 9.88 Å². The molecule has 0 aliphatic carbocycles. The van der Waals surface area contributed by atoms with E-state index >= 15 is 0 Å². The van der Waals surface area contributed by atoms with E-state index in [1.54, 1.807) is 37.7 Å². The summed E-state index contributed by atoms with van der Waals surface area (Å²) >= 11 is 24.1. The van der Waals surface area contributed by atoms with Gasteiger partial charge in [0, 0.05) is 43.6 Å². The standard InChI is InChI=1S/C17H17Cl3N4OS/c1-25-15-3-2-11(18)8-14(15)22-17(26)24-6-4-23(5-7-24)16-12(19)9-21-10-13(16)20/h2-3,8-10H,4-7H2,1H3,(H,22,26). The Bertz CT molecular complexity index is 792. The number of hydrogen-bond donors (Lipinski definition) is 1. The number of nitrogens with one attached hydrogen (secondary N) is 1. The molecular weight excluding hydrogens is 415 g/mol. The maximum absolute atomic E-state index is 6.25. The Morgan fingerprint density at radius 1 is 1.12 bits per heavy atom. The molecule has 138 valence electrons. The largest absolute Gasteiger partial charge is 0.495 e. The van der Waals surface area contributed by atoms with Crippen LogP contribution in [0.5, 0.6) is 5.75 Å². The molecule has 0 amide bonds. The zero-order valence-corrected chi connectivity index (χ0v) is 17.1. The monoisotopic (exact) mass is 430 g/mol. The van der Waals surface area contributed by atoms with Gasteiger partial charge in [-0.25, -0.2) is 0 Å². The average Bonchev–Trinajstić information content (AvgIpc) is 2.62. The summed E-state index contributed by atoms with van der Waals surface area (Å²) in [5.74, 6) is 0.686. The van der Waals surface area contributed by atoms with Crippen LogP contribution in [0.25, 0.3) is 0 Å². The molecule has 9 heteroatoms. The molecule has 1 saturated heterocycles. The number of anilines is 2. The number of methoxy groups -OCH3 is 1. The van der Waals surface area contributed by atoms with Crippen LogP contribution in [0, 0.1) is 0 Å². The maximum atomic E-state index is 6.25. The van der Waals surface area contributed by atoms with Crippen LogP contribution in [0.1, 0.15) is 0 Å². The number of ether oxygens (including phenoxy) is 1. The van der Waals surface area contributed by atoms with Gasteiger partial charge in [0.25, 0.3) is 0 Å². The first-order valence-corrected chi connectivity index (χ1v) is 9.47. The topological polar surface area (TPSA) is 40.6 Å². The van der Waals surface area contributed by atoms with Crippen molar-refractivity contribution in [2.24, 2.45) is 0 Å². The number of rotatable bonds is 3. The molecule has 1 N–H and O–H groups in total. The lowest BCUT2D eigenvalue weighted by Gasteiger charge is -2.38. The molecule has 0 spiro atoms. The second kappa shape index (κ2) is 8.48. The first-order valence-electron chi connectivity index (χ1n) is 7.93. The zero-order chi connectivity index (χ0) is 18.7. The highest BCUT2D eigenvalue weighted by Gasteiger charge is 2.23. The zero-order valence-electron chi connectivity index (χ0n) is 14.0. The number of nitrogens with zero attached hydrogens (tertiary/aromatic N) is 3. The lowest BCUT2D eigenvalue weighted by molar-refractivity contribution is 0.390. The van der Waals surface area contributed by atoms with Crippen LogP contribution in [0.4, 0.5) is 11.4 Å². The van der Waals surface area contributed by atoms with Crippen LogP contribution < -0.4 is 15.0 Å². The van der Waals surface area contributed by atoms with E-state index in [-0.39, 0.29) is 0 Å². The van der Waals surface area contributed by atoms with E-state index in [1.807, 2.05) is 0 Å². The number of thiocarbonyl (C=S) groups is 1. The van der Waals surface area contributed by atoms with E-state index < -0.39 is 0 Å². The van der Waals surface area contributed by atoms with Gasteiger partial charge in [-0.05, 0) is 30.4 Å². The molecular formula is C17H17Cl3N4OS. The van der Waals surface area contributed by atoms with Gasteiger partial charge in [-0.1, -0.05) is 34.8 Å². The van der Waals surface area contributed by atoms with Gasteiger partial charge in [0.1, 0.15) is 5.75 Å². The predicted octanol–water partition coefficient (Wildman–Crippen LogP) is 4.57. The minimum absolute atomic E-state index is 0.551. The Balaban J connectivity index is 1.65. The van der Waals surface area contributed by atoms with Crippen molar-refractivity contribution in [3.63, 3.8) is 0 Å². The molecule has 3 rings (SSSR count). The molecule has 1 aliphatic rings. The van der Waals surface area contributed by atoms with E-state index in [0.717, 1.165) is 37.6 Å². The number of piperazine rings is 1. The molecule has 0 radical (unpaired) electrons. The lowest BCUT2D eigenvalue weighted by Crippen LogP contribution is -2.50. The van der Waals surface area contributed by atoms with E-state index in [4.69, 9.17) is 51.8 Å². The quantitative estimate of drug-likeness (QED) is 0.718. The minimum Gasteiger partial charge on any atom is -0.495 e. The van der Waals surface area contributed by atoms with E-state index in [2.05, 4.69) is 20.1 Å². The Labute approximate surface area is 172 Å². The molecule has 26 heavy (non-hydrogen) atoms. The van der Waals surface area contributed by atoms with E-state index in [9.17, 15) is 0 Å². The van der Waals surface area contributed by atoms with Crippen molar-refractivity contribution in [3.05, 3.63) is 45.7 Å². The van der Waals surface area contributed by atoms with Gasteiger partial charge in [0.15, 0.2) is 5.11 Å². The fourth-order valence-corrected chi connectivity index (χ4v) is 3.88. The van der Waals surface area contributed by atoms with Crippen molar-refractivity contribution in [2.45, 2.75) is 0 Å². The molecule has 0 unspecified atom stereocenters. The van der Waals surface area contributed by atoms with Crippen molar-refractivity contribution >= 4 is 63.5 Å². The minimum atomic E-state index is 0.551. The third-order valence-electron chi connectivity index (χ3n) is 4.11.